The van der Waals surface area contributed by atoms with E-state index < -0.39 is 23.5 Å². The number of carbonyl (C=O) groups excluding carboxylic acids is 2. The van der Waals surface area contributed by atoms with E-state index in [-0.39, 0.29) is 10.8 Å². The molecule has 0 saturated carbocycles. The number of amides is 1. The number of aromatic nitrogens is 2. The van der Waals surface area contributed by atoms with Crippen molar-refractivity contribution in [3.05, 3.63) is 23.0 Å². The molecule has 104 valence electrons. The Kier molecular flexibility index (Phi) is 4.83. The van der Waals surface area contributed by atoms with Gasteiger partial charge in [-0.15, -0.1) is 10.2 Å². The fourth-order valence-corrected chi connectivity index (χ4v) is 1.26. The number of ether oxygens (including phenoxy) is 1. The van der Waals surface area contributed by atoms with Gasteiger partial charge < -0.3 is 10.1 Å². The number of nitrogens with zero attached hydrogens (tertiary/aromatic N) is 2. The first-order valence-corrected chi connectivity index (χ1v) is 6.10. The molecule has 0 bridgehead atoms. The van der Waals surface area contributed by atoms with Crippen LogP contribution in [0.4, 0.5) is 0 Å². The average Bonchev–Trinajstić information content (AvgIpc) is 2.27. The number of nitrogens with one attached hydrogen (secondary N) is 1. The second kappa shape index (κ2) is 5.97. The molecule has 0 saturated heterocycles. The molecule has 1 aromatic heterocycles. The second-order valence-corrected chi connectivity index (χ2v) is 5.36. The molecule has 1 amide bonds. The van der Waals surface area contributed by atoms with Crippen LogP contribution in [0.2, 0.25) is 5.15 Å². The van der Waals surface area contributed by atoms with Gasteiger partial charge in [0, 0.05) is 0 Å². The van der Waals surface area contributed by atoms with Crippen LogP contribution in [0, 0.1) is 0 Å². The highest BCUT2D eigenvalue weighted by atomic mass is 35.5. The molecule has 0 fully saturated rings. The van der Waals surface area contributed by atoms with E-state index in [9.17, 15) is 9.59 Å². The number of halogens is 1. The van der Waals surface area contributed by atoms with E-state index >= 15 is 0 Å². The van der Waals surface area contributed by atoms with Gasteiger partial charge in [0.15, 0.2) is 10.8 Å². The summed E-state index contributed by atoms with van der Waals surface area (Å²) in [6, 6.07) is 2.10. The van der Waals surface area contributed by atoms with Gasteiger partial charge in [0.25, 0.3) is 5.91 Å². The molecule has 0 radical (unpaired) electrons. The Hall–Kier alpha value is -1.69. The molecule has 1 rings (SSSR count). The SMILES string of the molecule is C[C@@H](NC(=O)c1ccc(Cl)nn1)C(=O)OC(C)(C)C. The van der Waals surface area contributed by atoms with Crippen LogP contribution >= 0.6 is 11.6 Å². The first-order chi connectivity index (χ1) is 8.69. The number of carbonyl (C=O) groups is 2. The van der Waals surface area contributed by atoms with Crippen LogP contribution in [0.5, 0.6) is 0 Å². The maximum Gasteiger partial charge on any atom is 0.328 e. The standard InChI is InChI=1S/C12H16ClN3O3/c1-7(11(18)19-12(2,3)4)14-10(17)8-5-6-9(13)16-15-8/h5-7H,1-4H3,(H,14,17)/t7-/m1/s1. The van der Waals surface area contributed by atoms with Crippen molar-refractivity contribution < 1.29 is 14.3 Å². The number of rotatable bonds is 3. The Morgan fingerprint density at radius 2 is 1.95 bits per heavy atom. The monoisotopic (exact) mass is 285 g/mol. The third kappa shape index (κ3) is 5.21. The van der Waals surface area contributed by atoms with Gasteiger partial charge in [-0.05, 0) is 39.8 Å². The lowest BCUT2D eigenvalue weighted by Gasteiger charge is -2.22. The minimum Gasteiger partial charge on any atom is -0.458 e. The highest BCUT2D eigenvalue weighted by molar-refractivity contribution is 6.29. The summed E-state index contributed by atoms with van der Waals surface area (Å²) in [5.41, 5.74) is -0.518. The summed E-state index contributed by atoms with van der Waals surface area (Å²) in [5, 5.41) is 9.84. The van der Waals surface area contributed by atoms with Crippen molar-refractivity contribution in [3.8, 4) is 0 Å². The molecule has 0 aliphatic heterocycles. The molecule has 1 atom stereocenters. The summed E-state index contributed by atoms with van der Waals surface area (Å²) in [4.78, 5) is 23.5. The van der Waals surface area contributed by atoms with Gasteiger partial charge in [-0.1, -0.05) is 11.6 Å². The van der Waals surface area contributed by atoms with E-state index in [1.54, 1.807) is 20.8 Å². The van der Waals surface area contributed by atoms with Gasteiger partial charge in [-0.3, -0.25) is 4.79 Å². The largest absolute Gasteiger partial charge is 0.458 e. The van der Waals surface area contributed by atoms with E-state index in [4.69, 9.17) is 16.3 Å². The fraction of sp³-hybridized carbons (Fsp3) is 0.500. The number of hydrogen-bond acceptors (Lipinski definition) is 5. The summed E-state index contributed by atoms with van der Waals surface area (Å²) in [6.45, 7) is 6.80. The zero-order chi connectivity index (χ0) is 14.6. The van der Waals surface area contributed by atoms with Crippen LogP contribution in [0.15, 0.2) is 12.1 Å². The Morgan fingerprint density at radius 3 is 2.42 bits per heavy atom. The van der Waals surface area contributed by atoms with Crippen molar-refractivity contribution >= 4 is 23.5 Å². The molecule has 6 nitrogen and oxygen atoms in total. The summed E-state index contributed by atoms with van der Waals surface area (Å²) in [7, 11) is 0. The predicted octanol–water partition coefficient (Wildman–Crippen LogP) is 1.59. The van der Waals surface area contributed by atoms with E-state index in [2.05, 4.69) is 15.5 Å². The maximum atomic E-state index is 11.8. The summed E-state index contributed by atoms with van der Waals surface area (Å²) in [5.74, 6) is -1.02. The van der Waals surface area contributed by atoms with Gasteiger partial charge in [0.1, 0.15) is 11.6 Å². The number of esters is 1. The Morgan fingerprint density at radius 1 is 1.32 bits per heavy atom. The van der Waals surface area contributed by atoms with Crippen molar-refractivity contribution in [2.45, 2.75) is 39.3 Å². The van der Waals surface area contributed by atoms with Crippen molar-refractivity contribution in [3.63, 3.8) is 0 Å². The van der Waals surface area contributed by atoms with Crippen LogP contribution in [0.25, 0.3) is 0 Å². The lowest BCUT2D eigenvalue weighted by atomic mass is 10.2. The van der Waals surface area contributed by atoms with Crippen molar-refractivity contribution in [1.29, 1.82) is 0 Å². The third-order valence-corrected chi connectivity index (χ3v) is 2.17. The summed E-state index contributed by atoms with van der Waals surface area (Å²) in [6.07, 6.45) is 0. The Labute approximate surface area is 116 Å². The van der Waals surface area contributed by atoms with E-state index in [1.807, 2.05) is 0 Å². The van der Waals surface area contributed by atoms with Crippen LogP contribution in [0.1, 0.15) is 38.2 Å². The molecular formula is C12H16ClN3O3. The van der Waals surface area contributed by atoms with Gasteiger partial charge in [0.2, 0.25) is 0 Å². The quantitative estimate of drug-likeness (QED) is 0.853. The summed E-state index contributed by atoms with van der Waals surface area (Å²) < 4.78 is 5.14. The van der Waals surface area contributed by atoms with E-state index in [0.717, 1.165) is 0 Å². The minimum absolute atomic E-state index is 0.0832. The average molecular weight is 286 g/mol. The molecule has 7 heteroatoms. The molecular weight excluding hydrogens is 270 g/mol. The number of hydrogen-bond donors (Lipinski definition) is 1. The van der Waals surface area contributed by atoms with Gasteiger partial charge in [0.05, 0.1) is 0 Å². The topological polar surface area (TPSA) is 81.2 Å². The van der Waals surface area contributed by atoms with Crippen molar-refractivity contribution in [2.75, 3.05) is 0 Å². The zero-order valence-electron chi connectivity index (χ0n) is 11.2. The highest BCUT2D eigenvalue weighted by Gasteiger charge is 2.23. The fourth-order valence-electron chi connectivity index (χ4n) is 1.16. The minimum atomic E-state index is -0.774. The van der Waals surface area contributed by atoms with Gasteiger partial charge in [-0.25, -0.2) is 4.79 Å². The Balaban J connectivity index is 2.61. The molecule has 1 aromatic rings. The molecule has 0 spiro atoms. The molecule has 1 N–H and O–H groups in total. The van der Waals surface area contributed by atoms with Gasteiger partial charge >= 0.3 is 5.97 Å². The maximum absolute atomic E-state index is 11.8. The van der Waals surface area contributed by atoms with Crippen molar-refractivity contribution in [2.24, 2.45) is 0 Å². The first-order valence-electron chi connectivity index (χ1n) is 5.72. The first kappa shape index (κ1) is 15.4. The van der Waals surface area contributed by atoms with E-state index in [0.29, 0.717) is 0 Å². The van der Waals surface area contributed by atoms with Crippen molar-refractivity contribution in [1.82, 2.24) is 15.5 Å². The van der Waals surface area contributed by atoms with Crippen LogP contribution < -0.4 is 5.32 Å². The molecule has 0 aliphatic rings. The van der Waals surface area contributed by atoms with Gasteiger partial charge in [-0.2, -0.15) is 0 Å². The third-order valence-electron chi connectivity index (χ3n) is 1.97. The molecule has 1 heterocycles. The summed E-state index contributed by atoms with van der Waals surface area (Å²) >= 11 is 5.57. The zero-order valence-corrected chi connectivity index (χ0v) is 12.0. The molecule has 0 aliphatic carbocycles. The molecule has 19 heavy (non-hydrogen) atoms. The van der Waals surface area contributed by atoms with E-state index in [1.165, 1.54) is 19.1 Å². The van der Waals surface area contributed by atoms with Crippen LogP contribution in [0.3, 0.4) is 0 Å². The lowest BCUT2D eigenvalue weighted by molar-refractivity contribution is -0.156. The second-order valence-electron chi connectivity index (χ2n) is 4.97. The predicted molar refractivity (Wildman–Crippen MR) is 69.8 cm³/mol. The normalized spacial score (nSPS) is 12.7. The van der Waals surface area contributed by atoms with Crippen LogP contribution in [-0.2, 0) is 9.53 Å². The van der Waals surface area contributed by atoms with Crippen LogP contribution in [-0.4, -0.2) is 33.7 Å². The smallest absolute Gasteiger partial charge is 0.328 e. The highest BCUT2D eigenvalue weighted by Crippen LogP contribution is 2.08. The molecule has 0 aromatic carbocycles. The molecule has 0 unspecified atom stereocenters. The Bertz CT molecular complexity index is 468. The lowest BCUT2D eigenvalue weighted by Crippen LogP contribution is -2.42.